The summed E-state index contributed by atoms with van der Waals surface area (Å²) in [5, 5.41) is 10.4. The minimum atomic E-state index is -0.481. The normalized spacial score (nSPS) is 14.9. The molecule has 144 valence electrons. The largest absolute Gasteiger partial charge is 0.507 e. The second kappa shape index (κ2) is 8.70. The van der Waals surface area contributed by atoms with Crippen molar-refractivity contribution < 1.29 is 9.52 Å². The molecule has 1 N–H and O–H groups in total. The van der Waals surface area contributed by atoms with E-state index in [2.05, 4.69) is 24.3 Å². The van der Waals surface area contributed by atoms with Crippen LogP contribution in [0.25, 0.3) is 11.3 Å². The summed E-state index contributed by atoms with van der Waals surface area (Å²) >= 11 is 1.54. The molecule has 0 unspecified atom stereocenters. The zero-order chi connectivity index (χ0) is 19.3. The van der Waals surface area contributed by atoms with Gasteiger partial charge in [0.1, 0.15) is 11.5 Å². The molecule has 1 fully saturated rings. The van der Waals surface area contributed by atoms with E-state index in [-0.39, 0.29) is 5.75 Å². The van der Waals surface area contributed by atoms with Gasteiger partial charge >= 0.3 is 5.63 Å². The van der Waals surface area contributed by atoms with Crippen molar-refractivity contribution in [3.8, 4) is 17.1 Å². The molecular formula is C24H24O3S. The molecule has 3 aromatic rings. The molecule has 2 aromatic carbocycles. The van der Waals surface area contributed by atoms with Crippen molar-refractivity contribution in [1.29, 1.82) is 0 Å². The third-order valence-corrected chi connectivity index (χ3v) is 6.46. The molecule has 0 bridgehead atoms. The van der Waals surface area contributed by atoms with E-state index in [0.29, 0.717) is 23.0 Å². The maximum atomic E-state index is 12.4. The Kier molecular flexibility index (Phi) is 5.87. The molecular weight excluding hydrogens is 368 g/mol. The first-order chi connectivity index (χ1) is 13.7. The Morgan fingerprint density at radius 2 is 1.68 bits per heavy atom. The molecule has 4 rings (SSSR count). The quantitative estimate of drug-likeness (QED) is 0.514. The summed E-state index contributed by atoms with van der Waals surface area (Å²) in [7, 11) is 0. The molecule has 0 saturated heterocycles. The minimum Gasteiger partial charge on any atom is -0.507 e. The maximum Gasteiger partial charge on any atom is 0.344 e. The summed E-state index contributed by atoms with van der Waals surface area (Å²) in [6, 6.07) is 19.5. The first-order valence-electron chi connectivity index (χ1n) is 9.85. The topological polar surface area (TPSA) is 50.4 Å². The second-order valence-corrected chi connectivity index (χ2v) is 8.37. The van der Waals surface area contributed by atoms with Gasteiger partial charge in [-0.2, -0.15) is 0 Å². The van der Waals surface area contributed by atoms with Crippen molar-refractivity contribution in [2.75, 3.05) is 0 Å². The first kappa shape index (κ1) is 18.9. The number of hydrogen-bond donors (Lipinski definition) is 1. The van der Waals surface area contributed by atoms with E-state index in [9.17, 15) is 9.90 Å². The summed E-state index contributed by atoms with van der Waals surface area (Å²) in [6.45, 7) is 0. The van der Waals surface area contributed by atoms with Crippen LogP contribution in [-0.4, -0.2) is 5.11 Å². The van der Waals surface area contributed by atoms with Gasteiger partial charge in [-0.1, -0.05) is 61.7 Å². The highest BCUT2D eigenvalue weighted by Gasteiger charge is 2.16. The van der Waals surface area contributed by atoms with E-state index >= 15 is 0 Å². The molecule has 0 aliphatic heterocycles. The van der Waals surface area contributed by atoms with E-state index in [1.54, 1.807) is 0 Å². The van der Waals surface area contributed by atoms with Gasteiger partial charge in [0.05, 0.1) is 5.56 Å². The van der Waals surface area contributed by atoms with Crippen LogP contribution in [0.2, 0.25) is 0 Å². The molecule has 0 spiro atoms. The molecule has 1 aliphatic rings. The smallest absolute Gasteiger partial charge is 0.344 e. The summed E-state index contributed by atoms with van der Waals surface area (Å²) < 4.78 is 5.43. The molecule has 0 amide bonds. The predicted molar refractivity (Wildman–Crippen MR) is 114 cm³/mol. The van der Waals surface area contributed by atoms with Crippen LogP contribution in [0.1, 0.15) is 49.1 Å². The average Bonchev–Trinajstić information content (AvgIpc) is 2.75. The third kappa shape index (κ3) is 4.33. The highest BCUT2D eigenvalue weighted by molar-refractivity contribution is 7.98. The second-order valence-electron chi connectivity index (χ2n) is 7.32. The Morgan fingerprint density at radius 1 is 0.964 bits per heavy atom. The molecule has 4 heteroatoms. The minimum absolute atomic E-state index is 0.0126. The lowest BCUT2D eigenvalue weighted by atomic mass is 9.84. The van der Waals surface area contributed by atoms with Crippen LogP contribution < -0.4 is 5.63 Å². The summed E-state index contributed by atoms with van der Waals surface area (Å²) in [4.78, 5) is 13.5. The summed E-state index contributed by atoms with van der Waals surface area (Å²) in [5.74, 6) is 1.44. The van der Waals surface area contributed by atoms with Gasteiger partial charge in [-0.05, 0) is 36.5 Å². The van der Waals surface area contributed by atoms with Crippen molar-refractivity contribution in [2.45, 2.75) is 48.7 Å². The Morgan fingerprint density at radius 3 is 2.36 bits per heavy atom. The Labute approximate surface area is 169 Å². The molecule has 28 heavy (non-hydrogen) atoms. The predicted octanol–water partition coefficient (Wildman–Crippen LogP) is 6.35. The van der Waals surface area contributed by atoms with Gasteiger partial charge in [-0.3, -0.25) is 0 Å². The van der Waals surface area contributed by atoms with Crippen molar-refractivity contribution >= 4 is 11.8 Å². The van der Waals surface area contributed by atoms with Crippen LogP contribution in [-0.2, 0) is 5.75 Å². The van der Waals surface area contributed by atoms with Gasteiger partial charge < -0.3 is 9.52 Å². The van der Waals surface area contributed by atoms with E-state index in [4.69, 9.17) is 4.42 Å². The van der Waals surface area contributed by atoms with Gasteiger partial charge in [0.2, 0.25) is 0 Å². The van der Waals surface area contributed by atoms with Gasteiger partial charge in [-0.25, -0.2) is 4.79 Å². The molecule has 1 saturated carbocycles. The molecule has 0 radical (unpaired) electrons. The van der Waals surface area contributed by atoms with E-state index < -0.39 is 5.63 Å². The lowest BCUT2D eigenvalue weighted by Gasteiger charge is -2.22. The van der Waals surface area contributed by atoms with Gasteiger partial charge in [0.25, 0.3) is 0 Å². The molecule has 0 atom stereocenters. The Hall–Kier alpha value is -2.46. The number of aromatic hydroxyl groups is 1. The average molecular weight is 393 g/mol. The van der Waals surface area contributed by atoms with E-state index in [1.165, 1.54) is 55.5 Å². The third-order valence-electron chi connectivity index (χ3n) is 5.42. The SMILES string of the molecule is O=c1oc(-c2ccccc2)cc(O)c1CSc1ccc(C2CCCCC2)cc1. The number of hydrogen-bond acceptors (Lipinski definition) is 4. The fourth-order valence-electron chi connectivity index (χ4n) is 3.81. The lowest BCUT2D eigenvalue weighted by Crippen LogP contribution is -2.07. The number of rotatable bonds is 5. The Balaban J connectivity index is 1.45. The zero-order valence-electron chi connectivity index (χ0n) is 15.8. The zero-order valence-corrected chi connectivity index (χ0v) is 16.6. The van der Waals surface area contributed by atoms with Crippen LogP contribution in [0, 0.1) is 0 Å². The monoisotopic (exact) mass is 392 g/mol. The summed E-state index contributed by atoms with van der Waals surface area (Å²) in [6.07, 6.45) is 6.59. The number of thioether (sulfide) groups is 1. The van der Waals surface area contributed by atoms with Crippen molar-refractivity contribution in [3.63, 3.8) is 0 Å². The molecule has 1 aliphatic carbocycles. The van der Waals surface area contributed by atoms with Gasteiger partial charge in [0.15, 0.2) is 0 Å². The molecule has 1 heterocycles. The molecule has 1 aromatic heterocycles. The van der Waals surface area contributed by atoms with Crippen LogP contribution in [0.5, 0.6) is 5.75 Å². The highest BCUT2D eigenvalue weighted by Crippen LogP contribution is 2.34. The van der Waals surface area contributed by atoms with E-state index in [1.807, 2.05) is 30.3 Å². The standard InChI is InChI=1S/C24H24O3S/c25-22-15-23(19-9-5-2-6-10-19)27-24(26)21(22)16-28-20-13-11-18(12-14-20)17-7-3-1-4-8-17/h2,5-6,9-15,17,25H,1,3-4,7-8,16H2. The number of benzene rings is 2. The van der Waals surface area contributed by atoms with E-state index in [0.717, 1.165) is 10.5 Å². The van der Waals surface area contributed by atoms with Crippen molar-refractivity contribution in [3.05, 3.63) is 82.2 Å². The van der Waals surface area contributed by atoms with Gasteiger partial charge in [0, 0.05) is 22.3 Å². The Bertz CT molecular complexity index is 971. The summed E-state index contributed by atoms with van der Waals surface area (Å²) in [5.41, 5.74) is 2.01. The van der Waals surface area contributed by atoms with Crippen LogP contribution in [0.4, 0.5) is 0 Å². The van der Waals surface area contributed by atoms with Crippen LogP contribution in [0.3, 0.4) is 0 Å². The van der Waals surface area contributed by atoms with Crippen LogP contribution in [0.15, 0.2) is 74.8 Å². The fraction of sp³-hybridized carbons (Fsp3) is 0.292. The van der Waals surface area contributed by atoms with Crippen molar-refractivity contribution in [1.82, 2.24) is 0 Å². The van der Waals surface area contributed by atoms with Gasteiger partial charge in [-0.15, -0.1) is 11.8 Å². The van der Waals surface area contributed by atoms with Crippen molar-refractivity contribution in [2.24, 2.45) is 0 Å². The van der Waals surface area contributed by atoms with Crippen LogP contribution >= 0.6 is 11.8 Å². The highest BCUT2D eigenvalue weighted by atomic mass is 32.2. The first-order valence-corrected chi connectivity index (χ1v) is 10.8. The molecule has 3 nitrogen and oxygen atoms in total. The fourth-order valence-corrected chi connectivity index (χ4v) is 4.72. The lowest BCUT2D eigenvalue weighted by molar-refractivity contribution is 0.443. The maximum absolute atomic E-state index is 12.4.